The first-order chi connectivity index (χ1) is 9.97. The summed E-state index contributed by atoms with van der Waals surface area (Å²) in [6.07, 6.45) is 2.41. The zero-order valence-electron chi connectivity index (χ0n) is 13.4. The van der Waals surface area contributed by atoms with E-state index in [0.29, 0.717) is 18.1 Å². The third kappa shape index (κ3) is 4.21. The number of hydrogen-bond donors (Lipinski definition) is 1. The van der Waals surface area contributed by atoms with Crippen molar-refractivity contribution in [3.63, 3.8) is 0 Å². The molecular weight excluding hydrogens is 264 g/mol. The number of nitrogens with zero attached hydrogens (tertiary/aromatic N) is 1. The Balaban J connectivity index is 1.95. The van der Waals surface area contributed by atoms with Crippen LogP contribution in [0.3, 0.4) is 0 Å². The number of anilines is 1. The van der Waals surface area contributed by atoms with Crippen LogP contribution in [-0.2, 0) is 4.74 Å². The van der Waals surface area contributed by atoms with Crippen LogP contribution in [0.15, 0.2) is 24.3 Å². The Morgan fingerprint density at radius 2 is 1.95 bits per heavy atom. The highest BCUT2D eigenvalue weighted by atomic mass is 16.5. The Kier molecular flexibility index (Phi) is 5.23. The second-order valence-corrected chi connectivity index (χ2v) is 6.30. The molecule has 1 aliphatic heterocycles. The lowest BCUT2D eigenvalue weighted by Gasteiger charge is -2.33. The number of amides is 1. The monoisotopic (exact) mass is 290 g/mol. The van der Waals surface area contributed by atoms with Crippen LogP contribution in [0.5, 0.6) is 0 Å². The van der Waals surface area contributed by atoms with Crippen LogP contribution in [-0.4, -0.2) is 43.7 Å². The Morgan fingerprint density at radius 1 is 1.29 bits per heavy atom. The molecule has 0 aliphatic carbocycles. The SMILES string of the molecule is CC(C)C1CC(Nc2ccc(C(=O)N(C)C)cc2)CCO1. The van der Waals surface area contributed by atoms with E-state index in [4.69, 9.17) is 4.74 Å². The van der Waals surface area contributed by atoms with Gasteiger partial charge >= 0.3 is 0 Å². The largest absolute Gasteiger partial charge is 0.382 e. The van der Waals surface area contributed by atoms with Crippen molar-refractivity contribution in [1.29, 1.82) is 0 Å². The van der Waals surface area contributed by atoms with Gasteiger partial charge in [0.15, 0.2) is 0 Å². The second-order valence-electron chi connectivity index (χ2n) is 6.30. The molecule has 1 aromatic carbocycles. The molecule has 1 N–H and O–H groups in total. The molecule has 0 aromatic heterocycles. The van der Waals surface area contributed by atoms with Crippen molar-refractivity contribution < 1.29 is 9.53 Å². The molecule has 1 aliphatic rings. The number of carbonyl (C=O) groups is 1. The number of ether oxygens (including phenoxy) is 1. The Labute approximate surface area is 127 Å². The summed E-state index contributed by atoms with van der Waals surface area (Å²) in [6, 6.07) is 8.17. The minimum Gasteiger partial charge on any atom is -0.382 e. The fraction of sp³-hybridized carbons (Fsp3) is 0.588. The fourth-order valence-corrected chi connectivity index (χ4v) is 2.63. The van der Waals surface area contributed by atoms with Crippen molar-refractivity contribution in [3.05, 3.63) is 29.8 Å². The summed E-state index contributed by atoms with van der Waals surface area (Å²) in [5, 5.41) is 3.56. The van der Waals surface area contributed by atoms with Crippen molar-refractivity contribution in [2.75, 3.05) is 26.0 Å². The molecule has 0 spiro atoms. The molecule has 0 radical (unpaired) electrons. The first-order valence-corrected chi connectivity index (χ1v) is 7.67. The van der Waals surface area contributed by atoms with E-state index in [2.05, 4.69) is 19.2 Å². The number of rotatable bonds is 4. The predicted molar refractivity (Wildman–Crippen MR) is 85.7 cm³/mol. The minimum absolute atomic E-state index is 0.0347. The van der Waals surface area contributed by atoms with E-state index in [9.17, 15) is 4.79 Å². The highest BCUT2D eigenvalue weighted by molar-refractivity contribution is 5.94. The van der Waals surface area contributed by atoms with E-state index >= 15 is 0 Å². The Bertz CT molecular complexity index is 468. The number of nitrogens with one attached hydrogen (secondary N) is 1. The van der Waals surface area contributed by atoms with Gasteiger partial charge in [-0.3, -0.25) is 4.79 Å². The zero-order chi connectivity index (χ0) is 15.4. The van der Waals surface area contributed by atoms with Crippen LogP contribution in [0.25, 0.3) is 0 Å². The lowest BCUT2D eigenvalue weighted by Crippen LogP contribution is -2.36. The third-order valence-electron chi connectivity index (χ3n) is 3.97. The smallest absolute Gasteiger partial charge is 0.253 e. The molecule has 2 unspecified atom stereocenters. The molecule has 2 rings (SSSR count). The summed E-state index contributed by atoms with van der Waals surface area (Å²) >= 11 is 0. The molecule has 4 heteroatoms. The highest BCUT2D eigenvalue weighted by Crippen LogP contribution is 2.23. The van der Waals surface area contributed by atoms with E-state index < -0.39 is 0 Å². The van der Waals surface area contributed by atoms with E-state index in [1.165, 1.54) is 0 Å². The van der Waals surface area contributed by atoms with Crippen LogP contribution >= 0.6 is 0 Å². The standard InChI is InChI=1S/C17H26N2O2/c1-12(2)16-11-15(9-10-21-16)18-14-7-5-13(6-8-14)17(20)19(3)4/h5-8,12,15-16,18H,9-11H2,1-4H3. The van der Waals surface area contributed by atoms with Gasteiger partial charge in [-0.2, -0.15) is 0 Å². The van der Waals surface area contributed by atoms with Crippen molar-refractivity contribution in [1.82, 2.24) is 4.90 Å². The number of hydrogen-bond acceptors (Lipinski definition) is 3. The van der Waals surface area contributed by atoms with Crippen LogP contribution < -0.4 is 5.32 Å². The molecule has 21 heavy (non-hydrogen) atoms. The van der Waals surface area contributed by atoms with E-state index in [1.54, 1.807) is 19.0 Å². The predicted octanol–water partition coefficient (Wildman–Crippen LogP) is 3.00. The maximum atomic E-state index is 11.9. The summed E-state index contributed by atoms with van der Waals surface area (Å²) in [7, 11) is 3.53. The van der Waals surface area contributed by atoms with Gasteiger partial charge in [0.2, 0.25) is 0 Å². The van der Waals surface area contributed by atoms with Gasteiger partial charge < -0.3 is 15.0 Å². The van der Waals surface area contributed by atoms with Gasteiger partial charge in [0.25, 0.3) is 5.91 Å². The summed E-state index contributed by atoms with van der Waals surface area (Å²) in [5.41, 5.74) is 1.79. The maximum Gasteiger partial charge on any atom is 0.253 e. The molecule has 1 fully saturated rings. The summed E-state index contributed by atoms with van der Waals surface area (Å²) < 4.78 is 5.79. The topological polar surface area (TPSA) is 41.6 Å². The van der Waals surface area contributed by atoms with E-state index in [0.717, 1.165) is 30.7 Å². The molecule has 1 amide bonds. The molecule has 2 atom stereocenters. The summed E-state index contributed by atoms with van der Waals surface area (Å²) in [4.78, 5) is 13.4. The van der Waals surface area contributed by atoms with Crippen LogP contribution in [0.1, 0.15) is 37.0 Å². The van der Waals surface area contributed by atoms with E-state index in [-0.39, 0.29) is 5.91 Å². The van der Waals surface area contributed by atoms with Gasteiger partial charge in [0.05, 0.1) is 6.10 Å². The van der Waals surface area contributed by atoms with Crippen molar-refractivity contribution in [2.24, 2.45) is 5.92 Å². The van der Waals surface area contributed by atoms with E-state index in [1.807, 2.05) is 24.3 Å². The van der Waals surface area contributed by atoms with Gasteiger partial charge in [0.1, 0.15) is 0 Å². The maximum absolute atomic E-state index is 11.9. The number of carbonyl (C=O) groups excluding carboxylic acids is 1. The van der Waals surface area contributed by atoms with Crippen molar-refractivity contribution in [2.45, 2.75) is 38.8 Å². The average Bonchev–Trinajstić information content (AvgIpc) is 2.47. The molecule has 0 saturated carbocycles. The van der Waals surface area contributed by atoms with Crippen LogP contribution in [0.4, 0.5) is 5.69 Å². The lowest BCUT2D eigenvalue weighted by molar-refractivity contribution is -0.0160. The quantitative estimate of drug-likeness (QED) is 0.927. The summed E-state index contributed by atoms with van der Waals surface area (Å²) in [5.74, 6) is 0.585. The van der Waals surface area contributed by atoms with Gasteiger partial charge in [-0.1, -0.05) is 13.8 Å². The van der Waals surface area contributed by atoms with Crippen molar-refractivity contribution >= 4 is 11.6 Å². The second kappa shape index (κ2) is 6.94. The number of benzene rings is 1. The zero-order valence-corrected chi connectivity index (χ0v) is 13.4. The molecular formula is C17H26N2O2. The molecule has 1 heterocycles. The van der Waals surface area contributed by atoms with Gasteiger partial charge in [-0.25, -0.2) is 0 Å². The first kappa shape index (κ1) is 15.8. The Hall–Kier alpha value is -1.55. The summed E-state index contributed by atoms with van der Waals surface area (Å²) in [6.45, 7) is 5.22. The molecule has 4 nitrogen and oxygen atoms in total. The van der Waals surface area contributed by atoms with Gasteiger partial charge in [-0.15, -0.1) is 0 Å². The van der Waals surface area contributed by atoms with Crippen molar-refractivity contribution in [3.8, 4) is 0 Å². The first-order valence-electron chi connectivity index (χ1n) is 7.67. The normalized spacial score (nSPS) is 22.1. The minimum atomic E-state index is 0.0347. The van der Waals surface area contributed by atoms with Gasteiger partial charge in [0, 0.05) is 38.0 Å². The average molecular weight is 290 g/mol. The lowest BCUT2D eigenvalue weighted by atomic mass is 9.95. The van der Waals surface area contributed by atoms with Gasteiger partial charge in [-0.05, 0) is 43.0 Å². The molecule has 1 saturated heterocycles. The molecule has 116 valence electrons. The Morgan fingerprint density at radius 3 is 2.52 bits per heavy atom. The van der Waals surface area contributed by atoms with Crippen LogP contribution in [0, 0.1) is 5.92 Å². The fourth-order valence-electron chi connectivity index (χ4n) is 2.63. The highest BCUT2D eigenvalue weighted by Gasteiger charge is 2.24. The molecule has 0 bridgehead atoms. The van der Waals surface area contributed by atoms with Crippen LogP contribution in [0.2, 0.25) is 0 Å². The molecule has 1 aromatic rings. The third-order valence-corrected chi connectivity index (χ3v) is 3.97.